The summed E-state index contributed by atoms with van der Waals surface area (Å²) in [6, 6.07) is 11.1. The quantitative estimate of drug-likeness (QED) is 0.293. The molecule has 3 aromatic rings. The molecular formula is C21H23N5O3S. The number of aromatic nitrogens is 3. The molecule has 2 aromatic heterocycles. The van der Waals surface area contributed by atoms with Crippen molar-refractivity contribution < 1.29 is 9.53 Å². The number of hydrogen-bond donors (Lipinski definition) is 2. The van der Waals surface area contributed by atoms with Crippen molar-refractivity contribution in [3.05, 3.63) is 46.9 Å². The molecule has 0 fully saturated rings. The van der Waals surface area contributed by atoms with Gasteiger partial charge in [0.2, 0.25) is 5.91 Å². The normalized spacial score (nSPS) is 10.7. The highest BCUT2D eigenvalue weighted by Gasteiger charge is 2.14. The van der Waals surface area contributed by atoms with Crippen LogP contribution in [-0.2, 0) is 4.79 Å². The predicted octanol–water partition coefficient (Wildman–Crippen LogP) is 3.01. The molecule has 0 atom stereocenters. The first kappa shape index (κ1) is 21.5. The van der Waals surface area contributed by atoms with Crippen LogP contribution in [0.1, 0.15) is 26.2 Å². The fourth-order valence-corrected chi connectivity index (χ4v) is 3.85. The summed E-state index contributed by atoms with van der Waals surface area (Å²) in [5.41, 5.74) is 1.58. The Labute approximate surface area is 178 Å². The molecule has 8 nitrogen and oxygen atoms in total. The summed E-state index contributed by atoms with van der Waals surface area (Å²) >= 11 is 1.43. The van der Waals surface area contributed by atoms with E-state index in [1.165, 1.54) is 11.8 Å². The molecule has 2 N–H and O–H groups in total. The van der Waals surface area contributed by atoms with E-state index in [1.807, 2.05) is 37.3 Å². The van der Waals surface area contributed by atoms with E-state index in [9.17, 15) is 9.59 Å². The minimum Gasteiger partial charge on any atom is -0.494 e. The number of aromatic amines is 1. The average molecular weight is 426 g/mol. The van der Waals surface area contributed by atoms with E-state index in [0.717, 1.165) is 5.75 Å². The standard InChI is InChI=1S/C21H23N5O3S/c1-2-29-16-8-6-15(7-9-16)26-20(28)19-17(10-13-24-19)25-21(26)30-14-3-5-18(27)23-12-4-11-22/h6-10,13,24H,2-5,12,14H2,1H3,(H,23,27). The van der Waals surface area contributed by atoms with E-state index >= 15 is 0 Å². The molecule has 0 saturated heterocycles. The van der Waals surface area contributed by atoms with Gasteiger partial charge < -0.3 is 15.0 Å². The van der Waals surface area contributed by atoms with Crippen molar-refractivity contribution in [2.24, 2.45) is 0 Å². The van der Waals surface area contributed by atoms with Gasteiger partial charge in [0.1, 0.15) is 11.3 Å². The molecule has 1 amide bonds. The number of nitrogens with one attached hydrogen (secondary N) is 2. The van der Waals surface area contributed by atoms with Crippen molar-refractivity contribution in [1.29, 1.82) is 5.26 Å². The minimum absolute atomic E-state index is 0.0798. The van der Waals surface area contributed by atoms with Crippen molar-refractivity contribution >= 4 is 28.7 Å². The van der Waals surface area contributed by atoms with Crippen molar-refractivity contribution in [2.75, 3.05) is 18.9 Å². The van der Waals surface area contributed by atoms with Gasteiger partial charge in [0.15, 0.2) is 5.16 Å². The van der Waals surface area contributed by atoms with Gasteiger partial charge in [0.05, 0.1) is 30.3 Å². The number of amides is 1. The summed E-state index contributed by atoms with van der Waals surface area (Å²) in [7, 11) is 0. The second-order valence-corrected chi connectivity index (χ2v) is 7.47. The van der Waals surface area contributed by atoms with Crippen molar-refractivity contribution in [3.63, 3.8) is 0 Å². The second-order valence-electron chi connectivity index (χ2n) is 6.41. The van der Waals surface area contributed by atoms with Gasteiger partial charge in [-0.3, -0.25) is 14.2 Å². The highest BCUT2D eigenvalue weighted by atomic mass is 32.2. The Morgan fingerprint density at radius 3 is 2.87 bits per heavy atom. The second kappa shape index (κ2) is 10.5. The number of nitriles is 1. The number of carbonyl (C=O) groups is 1. The lowest BCUT2D eigenvalue weighted by molar-refractivity contribution is -0.121. The highest BCUT2D eigenvalue weighted by molar-refractivity contribution is 7.99. The van der Waals surface area contributed by atoms with E-state index in [2.05, 4.69) is 15.3 Å². The van der Waals surface area contributed by atoms with Crippen LogP contribution in [0.2, 0.25) is 0 Å². The molecule has 3 rings (SSSR count). The molecule has 0 bridgehead atoms. The minimum atomic E-state index is -0.175. The number of H-pyrrole nitrogens is 1. The van der Waals surface area contributed by atoms with Gasteiger partial charge in [-0.25, -0.2) is 4.98 Å². The van der Waals surface area contributed by atoms with Gasteiger partial charge in [-0.05, 0) is 43.7 Å². The zero-order valence-electron chi connectivity index (χ0n) is 16.7. The zero-order valence-corrected chi connectivity index (χ0v) is 17.5. The zero-order chi connectivity index (χ0) is 21.3. The molecule has 0 radical (unpaired) electrons. The first-order chi connectivity index (χ1) is 14.6. The maximum atomic E-state index is 13.1. The number of benzene rings is 1. The molecule has 2 heterocycles. The van der Waals surface area contributed by atoms with Crippen LogP contribution in [0.5, 0.6) is 5.75 Å². The van der Waals surface area contributed by atoms with Crippen LogP contribution in [-0.4, -0.2) is 39.3 Å². The maximum Gasteiger partial charge on any atom is 0.283 e. The molecule has 30 heavy (non-hydrogen) atoms. The first-order valence-corrected chi connectivity index (χ1v) is 10.7. The molecule has 0 aliphatic carbocycles. The maximum absolute atomic E-state index is 13.1. The number of ether oxygens (including phenoxy) is 1. The van der Waals surface area contributed by atoms with Gasteiger partial charge >= 0.3 is 0 Å². The average Bonchev–Trinajstić information content (AvgIpc) is 3.22. The highest BCUT2D eigenvalue weighted by Crippen LogP contribution is 2.23. The lowest BCUT2D eigenvalue weighted by Gasteiger charge is -2.13. The summed E-state index contributed by atoms with van der Waals surface area (Å²) in [5.74, 6) is 1.29. The van der Waals surface area contributed by atoms with Gasteiger partial charge in [0, 0.05) is 24.9 Å². The number of carbonyl (C=O) groups excluding carboxylic acids is 1. The summed E-state index contributed by atoms with van der Waals surface area (Å²) in [5, 5.41) is 11.8. The molecule has 0 saturated carbocycles. The predicted molar refractivity (Wildman–Crippen MR) is 116 cm³/mol. The van der Waals surface area contributed by atoms with Crippen LogP contribution in [0.15, 0.2) is 46.5 Å². The van der Waals surface area contributed by atoms with E-state index < -0.39 is 0 Å². The van der Waals surface area contributed by atoms with E-state index in [1.54, 1.807) is 16.8 Å². The molecule has 1 aromatic carbocycles. The molecule has 0 aliphatic rings. The fourth-order valence-electron chi connectivity index (χ4n) is 2.90. The van der Waals surface area contributed by atoms with Crippen LogP contribution in [0, 0.1) is 11.3 Å². The van der Waals surface area contributed by atoms with E-state index in [-0.39, 0.29) is 11.5 Å². The van der Waals surface area contributed by atoms with Crippen LogP contribution in [0.4, 0.5) is 0 Å². The van der Waals surface area contributed by atoms with E-state index in [4.69, 9.17) is 10.00 Å². The lowest BCUT2D eigenvalue weighted by Crippen LogP contribution is -2.24. The molecule has 0 spiro atoms. The van der Waals surface area contributed by atoms with Crippen LogP contribution in [0.25, 0.3) is 16.7 Å². The van der Waals surface area contributed by atoms with Crippen LogP contribution < -0.4 is 15.6 Å². The Morgan fingerprint density at radius 1 is 1.33 bits per heavy atom. The molecule has 0 aliphatic heterocycles. The van der Waals surface area contributed by atoms with Gasteiger partial charge in [0.25, 0.3) is 5.56 Å². The van der Waals surface area contributed by atoms with Gasteiger partial charge in [-0.2, -0.15) is 5.26 Å². The molecule has 0 unspecified atom stereocenters. The monoisotopic (exact) mass is 425 g/mol. The Balaban J connectivity index is 1.76. The summed E-state index contributed by atoms with van der Waals surface area (Å²) in [6.07, 6.45) is 2.99. The summed E-state index contributed by atoms with van der Waals surface area (Å²) in [4.78, 5) is 32.4. The number of rotatable bonds is 10. The number of hydrogen-bond acceptors (Lipinski definition) is 6. The van der Waals surface area contributed by atoms with Crippen LogP contribution >= 0.6 is 11.8 Å². The fraction of sp³-hybridized carbons (Fsp3) is 0.333. The van der Waals surface area contributed by atoms with Crippen molar-refractivity contribution in [1.82, 2.24) is 19.9 Å². The topological polar surface area (TPSA) is 113 Å². The third-order valence-corrected chi connectivity index (χ3v) is 5.32. The van der Waals surface area contributed by atoms with E-state index in [0.29, 0.717) is 60.0 Å². The Kier molecular flexibility index (Phi) is 7.51. The van der Waals surface area contributed by atoms with Crippen molar-refractivity contribution in [3.8, 4) is 17.5 Å². The Morgan fingerprint density at radius 2 is 2.13 bits per heavy atom. The number of fused-ring (bicyclic) bond motifs is 1. The Hall–Kier alpha value is -3.25. The smallest absolute Gasteiger partial charge is 0.283 e. The Bertz CT molecular complexity index is 1100. The van der Waals surface area contributed by atoms with Gasteiger partial charge in [-0.15, -0.1) is 0 Å². The number of thioether (sulfide) groups is 1. The first-order valence-electron chi connectivity index (χ1n) is 9.74. The lowest BCUT2D eigenvalue weighted by atomic mass is 10.3. The third-order valence-electron chi connectivity index (χ3n) is 4.29. The molecule has 9 heteroatoms. The largest absolute Gasteiger partial charge is 0.494 e. The SMILES string of the molecule is CCOc1ccc(-n2c(SCCCC(=O)NCCC#N)nc3cc[nH]c3c2=O)cc1. The summed E-state index contributed by atoms with van der Waals surface area (Å²) < 4.78 is 7.06. The third kappa shape index (κ3) is 5.21. The summed E-state index contributed by atoms with van der Waals surface area (Å²) in [6.45, 7) is 2.85. The van der Waals surface area contributed by atoms with Crippen LogP contribution in [0.3, 0.4) is 0 Å². The van der Waals surface area contributed by atoms with Crippen molar-refractivity contribution in [2.45, 2.75) is 31.3 Å². The number of nitrogens with zero attached hydrogens (tertiary/aromatic N) is 3. The molecular weight excluding hydrogens is 402 g/mol. The molecule has 156 valence electrons. The van der Waals surface area contributed by atoms with Gasteiger partial charge in [-0.1, -0.05) is 11.8 Å².